The summed E-state index contributed by atoms with van der Waals surface area (Å²) in [5.41, 5.74) is 5.37. The van der Waals surface area contributed by atoms with E-state index in [4.69, 9.17) is 5.73 Å². The van der Waals surface area contributed by atoms with Crippen LogP contribution in [0.2, 0.25) is 0 Å². The minimum Gasteiger partial charge on any atom is -0.390 e. The molecule has 3 unspecified atom stereocenters. The molecular weight excluding hydrogens is 198 g/mol. The van der Waals surface area contributed by atoms with Crippen molar-refractivity contribution in [2.45, 2.75) is 70.8 Å². The van der Waals surface area contributed by atoms with Gasteiger partial charge in [0, 0.05) is 0 Å². The van der Waals surface area contributed by atoms with Crippen LogP contribution in [0, 0.1) is 11.8 Å². The first-order valence-electron chi connectivity index (χ1n) is 7.08. The fraction of sp³-hybridized carbons (Fsp3) is 1.00. The third-order valence-corrected chi connectivity index (χ3v) is 4.47. The Balaban J connectivity index is 2.60. The molecule has 1 rings (SSSR count). The van der Waals surface area contributed by atoms with E-state index in [1.54, 1.807) is 0 Å². The molecule has 0 aromatic carbocycles. The molecule has 0 amide bonds. The van der Waals surface area contributed by atoms with Gasteiger partial charge in [-0.2, -0.15) is 0 Å². The molecule has 0 bridgehead atoms. The van der Waals surface area contributed by atoms with Crippen LogP contribution in [0.4, 0.5) is 0 Å². The van der Waals surface area contributed by atoms with Gasteiger partial charge in [0.25, 0.3) is 0 Å². The van der Waals surface area contributed by atoms with Crippen LogP contribution >= 0.6 is 0 Å². The maximum absolute atomic E-state index is 10.8. The van der Waals surface area contributed by atoms with Crippen LogP contribution in [-0.2, 0) is 0 Å². The second-order valence-electron chi connectivity index (χ2n) is 5.53. The molecule has 1 aliphatic rings. The monoisotopic (exact) mass is 227 g/mol. The average Bonchev–Trinajstić information content (AvgIpc) is 2.48. The van der Waals surface area contributed by atoms with Crippen LogP contribution in [0.15, 0.2) is 0 Å². The molecule has 2 nitrogen and oxygen atoms in total. The van der Waals surface area contributed by atoms with E-state index in [1.807, 2.05) is 0 Å². The lowest BCUT2D eigenvalue weighted by Crippen LogP contribution is -2.41. The highest BCUT2D eigenvalue weighted by atomic mass is 16.3. The van der Waals surface area contributed by atoms with Gasteiger partial charge in [-0.1, -0.05) is 39.5 Å². The molecule has 1 fully saturated rings. The zero-order valence-electron chi connectivity index (χ0n) is 11.0. The van der Waals surface area contributed by atoms with Gasteiger partial charge in [-0.15, -0.1) is 0 Å². The van der Waals surface area contributed by atoms with Crippen LogP contribution < -0.4 is 5.73 Å². The van der Waals surface area contributed by atoms with Gasteiger partial charge in [0.1, 0.15) is 0 Å². The van der Waals surface area contributed by atoms with E-state index in [9.17, 15) is 5.11 Å². The summed E-state index contributed by atoms with van der Waals surface area (Å²) < 4.78 is 0. The summed E-state index contributed by atoms with van der Waals surface area (Å²) in [7, 11) is 0. The maximum Gasteiger partial charge on any atom is 0.0688 e. The van der Waals surface area contributed by atoms with Crippen LogP contribution in [0.3, 0.4) is 0 Å². The third kappa shape index (κ3) is 3.46. The van der Waals surface area contributed by atoms with Gasteiger partial charge >= 0.3 is 0 Å². The van der Waals surface area contributed by atoms with Gasteiger partial charge in [0.2, 0.25) is 0 Å². The van der Waals surface area contributed by atoms with Gasteiger partial charge in [0.15, 0.2) is 0 Å². The highest BCUT2D eigenvalue weighted by Crippen LogP contribution is 2.37. The molecule has 0 heterocycles. The number of hydrogen-bond acceptors (Lipinski definition) is 2. The normalized spacial score (nSPS) is 33.4. The molecule has 0 aromatic rings. The largest absolute Gasteiger partial charge is 0.390 e. The Hall–Kier alpha value is -0.0800. The summed E-state index contributed by atoms with van der Waals surface area (Å²) in [6.07, 6.45) is 9.05. The molecule has 1 saturated carbocycles. The smallest absolute Gasteiger partial charge is 0.0688 e. The van der Waals surface area contributed by atoms with Crippen molar-refractivity contribution in [1.29, 1.82) is 0 Å². The Morgan fingerprint density at radius 2 is 2.06 bits per heavy atom. The SMILES string of the molecule is CCCC(CN)C1(O)CCCC(CC)CC1. The molecule has 0 spiro atoms. The summed E-state index contributed by atoms with van der Waals surface area (Å²) in [6, 6.07) is 0. The summed E-state index contributed by atoms with van der Waals surface area (Å²) in [6.45, 7) is 5.08. The minimum absolute atomic E-state index is 0.313. The molecule has 0 aliphatic heterocycles. The summed E-state index contributed by atoms with van der Waals surface area (Å²) in [5, 5.41) is 10.8. The summed E-state index contributed by atoms with van der Waals surface area (Å²) in [5.74, 6) is 1.14. The zero-order chi connectivity index (χ0) is 12.0. The highest BCUT2D eigenvalue weighted by Gasteiger charge is 2.36. The number of rotatable bonds is 5. The second kappa shape index (κ2) is 6.61. The number of nitrogens with two attached hydrogens (primary N) is 1. The van der Waals surface area contributed by atoms with Crippen molar-refractivity contribution >= 4 is 0 Å². The quantitative estimate of drug-likeness (QED) is 0.709. The first-order chi connectivity index (χ1) is 7.66. The van der Waals surface area contributed by atoms with Crippen molar-refractivity contribution < 1.29 is 5.11 Å². The van der Waals surface area contributed by atoms with E-state index in [0.717, 1.165) is 31.6 Å². The van der Waals surface area contributed by atoms with Crippen molar-refractivity contribution in [3.63, 3.8) is 0 Å². The van der Waals surface area contributed by atoms with E-state index in [1.165, 1.54) is 25.7 Å². The third-order valence-electron chi connectivity index (χ3n) is 4.47. The lowest BCUT2D eigenvalue weighted by molar-refractivity contribution is -0.0329. The molecule has 1 aliphatic carbocycles. The molecule has 0 saturated heterocycles. The number of aliphatic hydroxyl groups is 1. The van der Waals surface area contributed by atoms with E-state index in [2.05, 4.69) is 13.8 Å². The molecule has 3 atom stereocenters. The topological polar surface area (TPSA) is 46.2 Å². The fourth-order valence-electron chi connectivity index (χ4n) is 3.19. The molecule has 2 heteroatoms. The van der Waals surface area contributed by atoms with Crippen LogP contribution in [0.5, 0.6) is 0 Å². The predicted octanol–water partition coefficient (Wildman–Crippen LogP) is 3.08. The van der Waals surface area contributed by atoms with Gasteiger partial charge in [-0.25, -0.2) is 0 Å². The Labute approximate surface area is 101 Å². The van der Waals surface area contributed by atoms with E-state index in [-0.39, 0.29) is 0 Å². The summed E-state index contributed by atoms with van der Waals surface area (Å²) >= 11 is 0. The van der Waals surface area contributed by atoms with Crippen molar-refractivity contribution in [3.8, 4) is 0 Å². The summed E-state index contributed by atoms with van der Waals surface area (Å²) in [4.78, 5) is 0. The van der Waals surface area contributed by atoms with Crippen LogP contribution in [0.1, 0.15) is 65.2 Å². The van der Waals surface area contributed by atoms with Crippen molar-refractivity contribution in [2.75, 3.05) is 6.54 Å². The Morgan fingerprint density at radius 3 is 2.62 bits per heavy atom. The van der Waals surface area contributed by atoms with Gasteiger partial charge in [-0.05, 0) is 44.1 Å². The number of hydrogen-bond donors (Lipinski definition) is 2. The Bertz CT molecular complexity index is 195. The average molecular weight is 227 g/mol. The van der Waals surface area contributed by atoms with Gasteiger partial charge in [0.05, 0.1) is 5.60 Å². The lowest BCUT2D eigenvalue weighted by atomic mass is 9.78. The molecular formula is C14H29NO. The second-order valence-corrected chi connectivity index (χ2v) is 5.53. The van der Waals surface area contributed by atoms with Crippen molar-refractivity contribution in [1.82, 2.24) is 0 Å². The van der Waals surface area contributed by atoms with E-state index < -0.39 is 5.60 Å². The standard InChI is InChI=1S/C14H29NO/c1-3-6-13(11-15)14(16)9-5-7-12(4-2)8-10-14/h12-13,16H,3-11,15H2,1-2H3. The lowest BCUT2D eigenvalue weighted by Gasteiger charge is -2.35. The first kappa shape index (κ1) is 14.0. The zero-order valence-corrected chi connectivity index (χ0v) is 11.0. The fourth-order valence-corrected chi connectivity index (χ4v) is 3.19. The molecule has 3 N–H and O–H groups in total. The highest BCUT2D eigenvalue weighted by molar-refractivity contribution is 4.89. The Kier molecular flexibility index (Phi) is 5.77. The molecule has 0 aromatic heterocycles. The minimum atomic E-state index is -0.464. The van der Waals surface area contributed by atoms with Crippen LogP contribution in [-0.4, -0.2) is 17.3 Å². The van der Waals surface area contributed by atoms with Crippen LogP contribution in [0.25, 0.3) is 0 Å². The Morgan fingerprint density at radius 1 is 1.31 bits per heavy atom. The molecule has 16 heavy (non-hydrogen) atoms. The predicted molar refractivity (Wildman–Crippen MR) is 69.3 cm³/mol. The maximum atomic E-state index is 10.8. The van der Waals surface area contributed by atoms with E-state index in [0.29, 0.717) is 12.5 Å². The molecule has 96 valence electrons. The van der Waals surface area contributed by atoms with Crippen molar-refractivity contribution in [3.05, 3.63) is 0 Å². The molecule has 0 radical (unpaired) electrons. The van der Waals surface area contributed by atoms with Crippen molar-refractivity contribution in [2.24, 2.45) is 17.6 Å². The van der Waals surface area contributed by atoms with Gasteiger partial charge < -0.3 is 10.8 Å². The van der Waals surface area contributed by atoms with E-state index >= 15 is 0 Å². The van der Waals surface area contributed by atoms with Gasteiger partial charge in [-0.3, -0.25) is 0 Å². The first-order valence-corrected chi connectivity index (χ1v) is 7.08.